The highest BCUT2D eigenvalue weighted by molar-refractivity contribution is 5.79. The predicted octanol–water partition coefficient (Wildman–Crippen LogP) is 5.91. The molecule has 0 spiro atoms. The summed E-state index contributed by atoms with van der Waals surface area (Å²) in [7, 11) is 0. The van der Waals surface area contributed by atoms with Gasteiger partial charge in [-0.2, -0.15) is 4.39 Å². The van der Waals surface area contributed by atoms with Gasteiger partial charge in [0.05, 0.1) is 6.26 Å². The van der Waals surface area contributed by atoms with E-state index in [1.54, 1.807) is 19.1 Å². The Hall–Kier alpha value is -1.71. The number of benzene rings is 1. The third-order valence-corrected chi connectivity index (χ3v) is 5.87. The average Bonchev–Trinajstić information content (AvgIpc) is 2.64. The van der Waals surface area contributed by atoms with Crippen molar-refractivity contribution >= 4 is 5.78 Å². The SMILES string of the molecule is C/C=C/Oc1ccc(C2CCC(C3CCC(=O)CC3)CC2)c(F)c1F. The van der Waals surface area contributed by atoms with Crippen LogP contribution >= 0.6 is 0 Å². The van der Waals surface area contributed by atoms with Gasteiger partial charge >= 0.3 is 0 Å². The molecule has 0 N–H and O–H groups in total. The number of carbonyl (C=O) groups is 1. The topological polar surface area (TPSA) is 26.3 Å². The second-order valence-electron chi connectivity index (χ2n) is 7.36. The van der Waals surface area contributed by atoms with Crippen molar-refractivity contribution in [2.45, 2.75) is 64.2 Å². The molecule has 0 aromatic heterocycles. The molecule has 0 atom stereocenters. The van der Waals surface area contributed by atoms with E-state index in [1.807, 2.05) is 0 Å². The first-order chi connectivity index (χ1) is 12.1. The summed E-state index contributed by atoms with van der Waals surface area (Å²) in [4.78, 5) is 11.4. The molecule has 1 aromatic rings. The number of ketones is 1. The van der Waals surface area contributed by atoms with Crippen LogP contribution in [0.1, 0.15) is 69.8 Å². The van der Waals surface area contributed by atoms with Gasteiger partial charge in [0, 0.05) is 12.8 Å². The quantitative estimate of drug-likeness (QED) is 0.632. The molecule has 0 aliphatic heterocycles. The molecule has 2 nitrogen and oxygen atoms in total. The van der Waals surface area contributed by atoms with Crippen molar-refractivity contribution in [1.82, 2.24) is 0 Å². The van der Waals surface area contributed by atoms with Crippen LogP contribution in [0.3, 0.4) is 0 Å². The van der Waals surface area contributed by atoms with Gasteiger partial charge in [0.1, 0.15) is 5.78 Å². The van der Waals surface area contributed by atoms with Gasteiger partial charge in [0.25, 0.3) is 0 Å². The summed E-state index contributed by atoms with van der Waals surface area (Å²) in [5.41, 5.74) is 0.475. The van der Waals surface area contributed by atoms with Gasteiger partial charge in [-0.1, -0.05) is 12.1 Å². The van der Waals surface area contributed by atoms with Crippen LogP contribution in [0.15, 0.2) is 24.5 Å². The second kappa shape index (κ2) is 8.11. The molecule has 0 heterocycles. The molecular formula is C21H26F2O2. The van der Waals surface area contributed by atoms with Crippen LogP contribution < -0.4 is 4.74 Å². The van der Waals surface area contributed by atoms with E-state index >= 15 is 0 Å². The van der Waals surface area contributed by atoms with Gasteiger partial charge in [-0.3, -0.25) is 4.79 Å². The monoisotopic (exact) mass is 348 g/mol. The van der Waals surface area contributed by atoms with Crippen molar-refractivity contribution in [3.63, 3.8) is 0 Å². The third-order valence-electron chi connectivity index (χ3n) is 5.87. The zero-order valence-electron chi connectivity index (χ0n) is 14.8. The van der Waals surface area contributed by atoms with Crippen LogP contribution in [0.4, 0.5) is 8.78 Å². The third kappa shape index (κ3) is 4.10. The van der Waals surface area contributed by atoms with Crippen molar-refractivity contribution in [3.05, 3.63) is 41.7 Å². The Morgan fingerprint density at radius 1 is 0.960 bits per heavy atom. The van der Waals surface area contributed by atoms with E-state index in [9.17, 15) is 13.6 Å². The van der Waals surface area contributed by atoms with Crippen LogP contribution in [-0.4, -0.2) is 5.78 Å². The lowest BCUT2D eigenvalue weighted by Crippen LogP contribution is -2.25. The molecule has 0 bridgehead atoms. The van der Waals surface area contributed by atoms with E-state index < -0.39 is 11.6 Å². The predicted molar refractivity (Wildman–Crippen MR) is 93.5 cm³/mol. The number of Topliss-reactive ketones (excluding diaryl/α,β-unsaturated/α-hetero) is 1. The van der Waals surface area contributed by atoms with Crippen molar-refractivity contribution in [1.29, 1.82) is 0 Å². The van der Waals surface area contributed by atoms with Gasteiger partial charge in [-0.05, 0) is 74.8 Å². The molecular weight excluding hydrogens is 322 g/mol. The summed E-state index contributed by atoms with van der Waals surface area (Å²) in [5, 5.41) is 0. The minimum atomic E-state index is -0.900. The normalized spacial score (nSPS) is 25.5. The number of rotatable bonds is 4. The molecule has 2 saturated carbocycles. The van der Waals surface area contributed by atoms with Crippen LogP contribution in [0.2, 0.25) is 0 Å². The Morgan fingerprint density at radius 3 is 2.24 bits per heavy atom. The number of hydrogen-bond acceptors (Lipinski definition) is 2. The summed E-state index contributed by atoms with van der Waals surface area (Å²) in [5.74, 6) is -0.00186. The maximum Gasteiger partial charge on any atom is 0.201 e. The number of ether oxygens (including phenoxy) is 1. The standard InChI is InChI=1S/C21H26F2O2/c1-2-13-25-19-12-11-18(20(22)21(19)23)16-5-3-14(4-6-16)15-7-9-17(24)10-8-15/h2,11-16H,3-10H2,1H3/b13-2+. The molecule has 4 heteroatoms. The van der Waals surface area contributed by atoms with Crippen LogP contribution in [-0.2, 0) is 4.79 Å². The first kappa shape index (κ1) is 18.1. The molecule has 0 radical (unpaired) electrons. The van der Waals surface area contributed by atoms with E-state index in [0.29, 0.717) is 23.2 Å². The fourth-order valence-corrected chi connectivity index (χ4v) is 4.43. The maximum absolute atomic E-state index is 14.5. The van der Waals surface area contributed by atoms with Crippen molar-refractivity contribution in [3.8, 4) is 5.75 Å². The highest BCUT2D eigenvalue weighted by atomic mass is 19.2. The molecule has 1 aromatic carbocycles. The molecule has 2 fully saturated rings. The number of hydrogen-bond donors (Lipinski definition) is 0. The number of carbonyl (C=O) groups excluding carboxylic acids is 1. The van der Waals surface area contributed by atoms with Crippen molar-refractivity contribution in [2.75, 3.05) is 0 Å². The molecule has 0 saturated heterocycles. The zero-order chi connectivity index (χ0) is 17.8. The fraction of sp³-hybridized carbons (Fsp3) is 0.571. The van der Waals surface area contributed by atoms with Crippen molar-refractivity contribution < 1.29 is 18.3 Å². The summed E-state index contributed by atoms with van der Waals surface area (Å²) in [6, 6.07) is 3.19. The molecule has 2 aliphatic rings. The lowest BCUT2D eigenvalue weighted by molar-refractivity contribution is -0.121. The first-order valence-corrected chi connectivity index (χ1v) is 9.37. The minimum Gasteiger partial charge on any atom is -0.462 e. The van der Waals surface area contributed by atoms with E-state index in [4.69, 9.17) is 4.74 Å². The molecule has 0 amide bonds. The van der Waals surface area contributed by atoms with E-state index in [1.165, 1.54) is 12.3 Å². The van der Waals surface area contributed by atoms with Gasteiger partial charge in [-0.15, -0.1) is 0 Å². The lowest BCUT2D eigenvalue weighted by Gasteiger charge is -2.35. The largest absolute Gasteiger partial charge is 0.462 e. The lowest BCUT2D eigenvalue weighted by atomic mass is 9.69. The van der Waals surface area contributed by atoms with Crippen molar-refractivity contribution in [2.24, 2.45) is 11.8 Å². The zero-order valence-corrected chi connectivity index (χ0v) is 14.8. The van der Waals surface area contributed by atoms with Crippen LogP contribution in [0.5, 0.6) is 5.75 Å². The summed E-state index contributed by atoms with van der Waals surface area (Å²) in [6.45, 7) is 1.75. The Kier molecular flexibility index (Phi) is 5.87. The summed E-state index contributed by atoms with van der Waals surface area (Å²) in [6.07, 6.45) is 10.3. The Morgan fingerprint density at radius 2 is 1.60 bits per heavy atom. The highest BCUT2D eigenvalue weighted by Gasteiger charge is 2.32. The number of allylic oxidation sites excluding steroid dienone is 1. The smallest absolute Gasteiger partial charge is 0.201 e. The first-order valence-electron chi connectivity index (χ1n) is 9.37. The molecule has 2 aliphatic carbocycles. The van der Waals surface area contributed by atoms with Gasteiger partial charge in [-0.25, -0.2) is 4.39 Å². The van der Waals surface area contributed by atoms with Gasteiger partial charge in [0.15, 0.2) is 11.6 Å². The summed E-state index contributed by atoms with van der Waals surface area (Å²) < 4.78 is 33.7. The Labute approximate surface area is 148 Å². The molecule has 3 rings (SSSR count). The second-order valence-corrected chi connectivity index (χ2v) is 7.36. The average molecular weight is 348 g/mol. The maximum atomic E-state index is 14.5. The molecule has 25 heavy (non-hydrogen) atoms. The number of halogens is 2. The van der Waals surface area contributed by atoms with E-state index in [-0.39, 0.29) is 11.7 Å². The van der Waals surface area contributed by atoms with E-state index in [0.717, 1.165) is 51.4 Å². The Balaban J connectivity index is 1.63. The summed E-state index contributed by atoms with van der Waals surface area (Å²) >= 11 is 0. The van der Waals surface area contributed by atoms with Gasteiger partial charge < -0.3 is 4.74 Å². The highest BCUT2D eigenvalue weighted by Crippen LogP contribution is 2.43. The molecule has 0 unspecified atom stereocenters. The fourth-order valence-electron chi connectivity index (χ4n) is 4.43. The molecule has 136 valence electrons. The Bertz CT molecular complexity index is 636. The van der Waals surface area contributed by atoms with Crippen LogP contribution in [0.25, 0.3) is 0 Å². The van der Waals surface area contributed by atoms with Gasteiger partial charge in [0.2, 0.25) is 5.82 Å². The minimum absolute atomic E-state index is 0.0695. The van der Waals surface area contributed by atoms with E-state index in [2.05, 4.69) is 0 Å². The van der Waals surface area contributed by atoms with Crippen LogP contribution in [0, 0.1) is 23.5 Å².